The van der Waals surface area contributed by atoms with Gasteiger partial charge in [-0.15, -0.1) is 0 Å². The Bertz CT molecular complexity index is 792. The highest BCUT2D eigenvalue weighted by molar-refractivity contribution is 5.94. The highest BCUT2D eigenvalue weighted by Gasteiger charge is 2.18. The normalized spacial score (nSPS) is 14.4. The first-order valence-electron chi connectivity index (χ1n) is 8.58. The summed E-state index contributed by atoms with van der Waals surface area (Å²) in [6, 6.07) is 14.1. The summed E-state index contributed by atoms with van der Waals surface area (Å²) in [4.78, 5) is 24.4. The molecule has 136 valence electrons. The highest BCUT2D eigenvalue weighted by Crippen LogP contribution is 2.34. The van der Waals surface area contributed by atoms with E-state index in [0.717, 1.165) is 5.56 Å². The van der Waals surface area contributed by atoms with E-state index >= 15 is 0 Å². The first-order chi connectivity index (χ1) is 12.5. The van der Waals surface area contributed by atoms with Crippen LogP contribution in [-0.4, -0.2) is 24.6 Å². The zero-order chi connectivity index (χ0) is 18.5. The molecule has 0 aliphatic carbocycles. The van der Waals surface area contributed by atoms with E-state index in [2.05, 4.69) is 10.6 Å². The monoisotopic (exact) mass is 354 g/mol. The maximum absolute atomic E-state index is 12.3. The minimum atomic E-state index is -0.272. The molecular formula is C20H22N2O4. The zero-order valence-electron chi connectivity index (χ0n) is 14.8. The lowest BCUT2D eigenvalue weighted by Crippen LogP contribution is -2.37. The van der Waals surface area contributed by atoms with Crippen molar-refractivity contribution in [2.45, 2.75) is 32.4 Å². The number of fused-ring (bicyclic) bond motifs is 1. The molecule has 26 heavy (non-hydrogen) atoms. The van der Waals surface area contributed by atoms with E-state index in [4.69, 9.17) is 9.47 Å². The van der Waals surface area contributed by atoms with Crippen LogP contribution in [0.1, 0.15) is 42.2 Å². The summed E-state index contributed by atoms with van der Waals surface area (Å²) in [5.41, 5.74) is 1.51. The molecule has 0 saturated heterocycles. The molecular weight excluding hydrogens is 332 g/mol. The quantitative estimate of drug-likeness (QED) is 0.836. The van der Waals surface area contributed by atoms with Crippen molar-refractivity contribution in [1.29, 1.82) is 0 Å². The fraction of sp³-hybridized carbons (Fsp3) is 0.300. The molecule has 2 atom stereocenters. The van der Waals surface area contributed by atoms with Crippen molar-refractivity contribution in [1.82, 2.24) is 10.6 Å². The van der Waals surface area contributed by atoms with Gasteiger partial charge in [-0.2, -0.15) is 0 Å². The number of nitrogens with one attached hydrogen (secondary N) is 2. The van der Waals surface area contributed by atoms with Gasteiger partial charge in [0.05, 0.1) is 6.04 Å². The fourth-order valence-corrected chi connectivity index (χ4v) is 2.79. The minimum Gasteiger partial charge on any atom is -0.454 e. The fourth-order valence-electron chi connectivity index (χ4n) is 2.79. The molecule has 0 spiro atoms. The van der Waals surface area contributed by atoms with Gasteiger partial charge in [0.1, 0.15) is 0 Å². The van der Waals surface area contributed by atoms with Gasteiger partial charge in [0, 0.05) is 18.0 Å². The van der Waals surface area contributed by atoms with E-state index in [1.165, 1.54) is 0 Å². The predicted octanol–water partition coefficient (Wildman–Crippen LogP) is 2.80. The molecule has 2 unspecified atom stereocenters. The molecule has 1 aliphatic rings. The summed E-state index contributed by atoms with van der Waals surface area (Å²) in [5, 5.41) is 5.78. The Morgan fingerprint density at radius 1 is 1.00 bits per heavy atom. The van der Waals surface area contributed by atoms with E-state index in [-0.39, 0.29) is 37.1 Å². The van der Waals surface area contributed by atoms with Crippen LogP contribution in [0.4, 0.5) is 0 Å². The van der Waals surface area contributed by atoms with Gasteiger partial charge in [0.15, 0.2) is 11.5 Å². The van der Waals surface area contributed by atoms with Crippen LogP contribution in [0.5, 0.6) is 11.5 Å². The molecule has 6 heteroatoms. The molecule has 1 heterocycles. The van der Waals surface area contributed by atoms with Crippen molar-refractivity contribution in [3.63, 3.8) is 0 Å². The van der Waals surface area contributed by atoms with E-state index < -0.39 is 0 Å². The van der Waals surface area contributed by atoms with Crippen molar-refractivity contribution in [2.75, 3.05) is 6.79 Å². The average molecular weight is 354 g/mol. The van der Waals surface area contributed by atoms with E-state index in [0.29, 0.717) is 17.1 Å². The zero-order valence-corrected chi connectivity index (χ0v) is 14.8. The summed E-state index contributed by atoms with van der Waals surface area (Å²) in [6.07, 6.45) is 0.202. The summed E-state index contributed by atoms with van der Waals surface area (Å²) in [5.74, 6) is 1.09. The Hall–Kier alpha value is -3.02. The van der Waals surface area contributed by atoms with Crippen LogP contribution in [0.3, 0.4) is 0 Å². The lowest BCUT2D eigenvalue weighted by molar-refractivity contribution is -0.122. The van der Waals surface area contributed by atoms with Gasteiger partial charge < -0.3 is 20.1 Å². The first-order valence-corrected chi connectivity index (χ1v) is 8.58. The Labute approximate surface area is 152 Å². The Morgan fingerprint density at radius 2 is 1.73 bits per heavy atom. The first kappa shape index (κ1) is 17.8. The van der Waals surface area contributed by atoms with Gasteiger partial charge in [-0.05, 0) is 43.7 Å². The van der Waals surface area contributed by atoms with Crippen molar-refractivity contribution in [3.8, 4) is 11.5 Å². The van der Waals surface area contributed by atoms with Crippen LogP contribution in [0.15, 0.2) is 48.5 Å². The SMILES string of the molecule is CC(CC(=O)NC(C)c1ccc2c(c1)OCO2)NC(=O)c1ccccc1. The lowest BCUT2D eigenvalue weighted by atomic mass is 10.1. The Balaban J connectivity index is 1.51. The van der Waals surface area contributed by atoms with Crippen molar-refractivity contribution < 1.29 is 19.1 Å². The highest BCUT2D eigenvalue weighted by atomic mass is 16.7. The molecule has 0 aromatic heterocycles. The summed E-state index contributed by atoms with van der Waals surface area (Å²) in [7, 11) is 0. The number of carbonyl (C=O) groups excluding carboxylic acids is 2. The van der Waals surface area contributed by atoms with Crippen molar-refractivity contribution in [3.05, 3.63) is 59.7 Å². The van der Waals surface area contributed by atoms with Crippen molar-refractivity contribution in [2.24, 2.45) is 0 Å². The van der Waals surface area contributed by atoms with E-state index in [1.807, 2.05) is 38.1 Å². The van der Waals surface area contributed by atoms with Gasteiger partial charge in [0.25, 0.3) is 5.91 Å². The van der Waals surface area contributed by atoms with Crippen LogP contribution in [0.2, 0.25) is 0 Å². The Morgan fingerprint density at radius 3 is 2.50 bits per heavy atom. The number of hydrogen-bond donors (Lipinski definition) is 2. The largest absolute Gasteiger partial charge is 0.454 e. The topological polar surface area (TPSA) is 76.7 Å². The van der Waals surface area contributed by atoms with Crippen LogP contribution >= 0.6 is 0 Å². The molecule has 2 aromatic carbocycles. The number of amides is 2. The second-order valence-corrected chi connectivity index (χ2v) is 6.35. The predicted molar refractivity (Wildman–Crippen MR) is 97.1 cm³/mol. The molecule has 0 saturated carbocycles. The van der Waals surface area contributed by atoms with E-state index in [1.54, 1.807) is 24.3 Å². The smallest absolute Gasteiger partial charge is 0.251 e. The molecule has 1 aliphatic heterocycles. The van der Waals surface area contributed by atoms with Crippen LogP contribution in [0.25, 0.3) is 0 Å². The standard InChI is InChI=1S/C20H22N2O4/c1-13(21-20(24)15-6-4-3-5-7-15)10-19(23)22-14(2)16-8-9-17-18(11-16)26-12-25-17/h3-9,11,13-14H,10,12H2,1-2H3,(H,21,24)(H,22,23). The van der Waals surface area contributed by atoms with Crippen LogP contribution in [0, 0.1) is 0 Å². The third-order valence-corrected chi connectivity index (χ3v) is 4.18. The van der Waals surface area contributed by atoms with Gasteiger partial charge in [0.2, 0.25) is 12.7 Å². The molecule has 0 fully saturated rings. The van der Waals surface area contributed by atoms with Gasteiger partial charge in [-0.3, -0.25) is 9.59 Å². The summed E-state index contributed by atoms with van der Waals surface area (Å²) < 4.78 is 10.7. The number of hydrogen-bond acceptors (Lipinski definition) is 4. The molecule has 2 N–H and O–H groups in total. The molecule has 2 aromatic rings. The number of carbonyl (C=O) groups is 2. The number of ether oxygens (including phenoxy) is 2. The van der Waals surface area contributed by atoms with Gasteiger partial charge in [-0.1, -0.05) is 24.3 Å². The third-order valence-electron chi connectivity index (χ3n) is 4.18. The summed E-state index contributed by atoms with van der Waals surface area (Å²) in [6.45, 7) is 3.94. The molecule has 0 bridgehead atoms. The molecule has 6 nitrogen and oxygen atoms in total. The average Bonchev–Trinajstić information content (AvgIpc) is 3.09. The third kappa shape index (κ3) is 4.33. The van der Waals surface area contributed by atoms with Gasteiger partial charge >= 0.3 is 0 Å². The Kier molecular flexibility index (Phi) is 5.41. The minimum absolute atomic E-state index is 0.129. The molecule has 2 amide bonds. The van der Waals surface area contributed by atoms with Gasteiger partial charge in [-0.25, -0.2) is 0 Å². The van der Waals surface area contributed by atoms with Crippen molar-refractivity contribution >= 4 is 11.8 Å². The maximum atomic E-state index is 12.3. The van der Waals surface area contributed by atoms with Crippen LogP contribution < -0.4 is 20.1 Å². The second kappa shape index (κ2) is 7.91. The van der Waals surface area contributed by atoms with E-state index in [9.17, 15) is 9.59 Å². The van der Waals surface area contributed by atoms with Crippen LogP contribution in [-0.2, 0) is 4.79 Å². The second-order valence-electron chi connectivity index (χ2n) is 6.35. The lowest BCUT2D eigenvalue weighted by Gasteiger charge is -2.18. The number of benzene rings is 2. The molecule has 0 radical (unpaired) electrons. The summed E-state index contributed by atoms with van der Waals surface area (Å²) >= 11 is 0. The molecule has 3 rings (SSSR count). The number of rotatable bonds is 6. The maximum Gasteiger partial charge on any atom is 0.251 e.